The largest absolute Gasteiger partial charge is 0.428 e. The molecule has 0 aliphatic heterocycles. The molecule has 0 spiro atoms. The van der Waals surface area contributed by atoms with Gasteiger partial charge in [-0.05, 0) is 24.1 Å². The fraction of sp³-hybridized carbons (Fsp3) is 0.150. The summed E-state index contributed by atoms with van der Waals surface area (Å²) in [7, 11) is 0. The molecule has 0 saturated heterocycles. The normalized spacial score (nSPS) is 12.6. The molecule has 3 heteroatoms. The first-order valence-electron chi connectivity index (χ1n) is 7.87. The van der Waals surface area contributed by atoms with Crippen LogP contribution < -0.4 is 14.3 Å². The molecule has 1 aliphatic rings. The van der Waals surface area contributed by atoms with Gasteiger partial charge in [-0.1, -0.05) is 48.5 Å². The van der Waals surface area contributed by atoms with E-state index in [1.165, 1.54) is 22.3 Å². The van der Waals surface area contributed by atoms with Gasteiger partial charge in [0, 0.05) is 21.9 Å². The van der Waals surface area contributed by atoms with Crippen molar-refractivity contribution in [2.75, 3.05) is 6.61 Å². The summed E-state index contributed by atoms with van der Waals surface area (Å²) in [6.45, 7) is 2.55. The van der Waals surface area contributed by atoms with Crippen LogP contribution in [-0.4, -0.2) is 6.61 Å². The first-order valence-corrected chi connectivity index (χ1v) is 7.87. The lowest BCUT2D eigenvalue weighted by Crippen LogP contribution is -2.43. The molecule has 2 aromatic carbocycles. The third-order valence-corrected chi connectivity index (χ3v) is 4.07. The molecule has 1 aromatic heterocycles. The zero-order valence-corrected chi connectivity index (χ0v) is 13.0. The molecular formula is C20H18NO2+. The van der Waals surface area contributed by atoms with Crippen molar-refractivity contribution in [3.05, 3.63) is 84.1 Å². The number of aromatic nitrogens is 1. The van der Waals surface area contributed by atoms with Crippen molar-refractivity contribution in [1.82, 2.24) is 0 Å². The fourth-order valence-corrected chi connectivity index (χ4v) is 3.11. The molecule has 0 amide bonds. The summed E-state index contributed by atoms with van der Waals surface area (Å²) in [5, 5.41) is 0. The van der Waals surface area contributed by atoms with Crippen molar-refractivity contribution in [1.29, 1.82) is 0 Å². The summed E-state index contributed by atoms with van der Waals surface area (Å²) in [5.74, 6) is 0.700. The Labute approximate surface area is 135 Å². The van der Waals surface area contributed by atoms with Gasteiger partial charge in [0.1, 0.15) is 0 Å². The maximum Gasteiger partial charge on any atom is 0.417 e. The molecule has 0 fully saturated rings. The lowest BCUT2D eigenvalue weighted by Gasteiger charge is -2.14. The lowest BCUT2D eigenvalue weighted by molar-refractivity contribution is -0.892. The second-order valence-corrected chi connectivity index (χ2v) is 5.45. The van der Waals surface area contributed by atoms with E-state index >= 15 is 0 Å². The number of hydrogen-bond acceptors (Lipinski definition) is 2. The van der Waals surface area contributed by atoms with Gasteiger partial charge in [0.05, 0.1) is 6.07 Å². The highest BCUT2D eigenvalue weighted by Gasteiger charge is 2.32. The number of nitrogens with zero attached hydrogens (tertiary/aromatic N) is 1. The summed E-state index contributed by atoms with van der Waals surface area (Å²) in [5.41, 5.74) is 4.88. The molecule has 1 heterocycles. The summed E-state index contributed by atoms with van der Waals surface area (Å²) in [6, 6.07) is 22.6. The van der Waals surface area contributed by atoms with Gasteiger partial charge in [-0.15, -0.1) is 0 Å². The van der Waals surface area contributed by atoms with Gasteiger partial charge >= 0.3 is 5.88 Å². The van der Waals surface area contributed by atoms with Crippen molar-refractivity contribution in [3.8, 4) is 17.0 Å². The average molecular weight is 304 g/mol. The van der Waals surface area contributed by atoms with E-state index in [0.717, 1.165) is 0 Å². The molecule has 3 aromatic rings. The fourth-order valence-electron chi connectivity index (χ4n) is 3.11. The molecule has 1 aliphatic carbocycles. The third-order valence-electron chi connectivity index (χ3n) is 4.07. The second-order valence-electron chi connectivity index (χ2n) is 5.45. The van der Waals surface area contributed by atoms with Crippen LogP contribution >= 0.6 is 0 Å². The van der Waals surface area contributed by atoms with Gasteiger partial charge in [-0.3, -0.25) is 4.84 Å². The Bertz CT molecular complexity index is 799. The summed E-state index contributed by atoms with van der Waals surface area (Å²) < 4.78 is 8.03. The molecule has 0 radical (unpaired) electrons. The Morgan fingerprint density at radius 1 is 0.826 bits per heavy atom. The maximum atomic E-state index is 6.35. The zero-order valence-electron chi connectivity index (χ0n) is 13.0. The van der Waals surface area contributed by atoms with Crippen LogP contribution in [-0.2, 0) is 0 Å². The Hall–Kier alpha value is -2.81. The smallest absolute Gasteiger partial charge is 0.417 e. The van der Waals surface area contributed by atoms with Crippen LogP contribution in [0.5, 0.6) is 5.88 Å². The maximum absolute atomic E-state index is 6.35. The Morgan fingerprint density at radius 2 is 1.43 bits per heavy atom. The molecule has 4 rings (SSSR count). The minimum absolute atomic E-state index is 0.114. The minimum Gasteiger partial charge on any atom is -0.428 e. The molecule has 0 N–H and O–H groups in total. The average Bonchev–Trinajstić information content (AvgIpc) is 2.92. The van der Waals surface area contributed by atoms with E-state index in [2.05, 4.69) is 48.5 Å². The predicted octanol–water partition coefficient (Wildman–Crippen LogP) is 3.57. The van der Waals surface area contributed by atoms with Crippen LogP contribution in [0.25, 0.3) is 11.1 Å². The van der Waals surface area contributed by atoms with Crippen LogP contribution in [0.2, 0.25) is 0 Å². The number of hydrogen-bond donors (Lipinski definition) is 0. The summed E-state index contributed by atoms with van der Waals surface area (Å²) in [6.07, 6.45) is 1.75. The molecule has 0 unspecified atom stereocenters. The van der Waals surface area contributed by atoms with Gasteiger partial charge < -0.3 is 4.74 Å². The Kier molecular flexibility index (Phi) is 3.46. The topological polar surface area (TPSA) is 22.3 Å². The van der Waals surface area contributed by atoms with Crippen molar-refractivity contribution >= 4 is 0 Å². The monoisotopic (exact) mass is 304 g/mol. The second kappa shape index (κ2) is 5.76. The first kappa shape index (κ1) is 13.8. The van der Waals surface area contributed by atoms with E-state index < -0.39 is 0 Å². The Balaban J connectivity index is 1.78. The van der Waals surface area contributed by atoms with E-state index in [1.807, 2.05) is 31.3 Å². The zero-order chi connectivity index (χ0) is 15.6. The molecule has 0 saturated carbocycles. The number of benzene rings is 2. The van der Waals surface area contributed by atoms with Crippen molar-refractivity contribution in [2.45, 2.75) is 13.0 Å². The molecule has 114 valence electrons. The number of pyridine rings is 1. The standard InChI is InChI=1S/C20H18NO2/c1-2-22-21-14-8-7-13-19(21)23-20-17-11-5-3-9-15(17)16-10-4-6-12-18(16)20/h3-14,20H,2H2,1H3/q+1. The van der Waals surface area contributed by atoms with Crippen LogP contribution in [0.3, 0.4) is 0 Å². The minimum atomic E-state index is -0.114. The SMILES string of the molecule is CCO[n+]1ccccc1OC1c2ccccc2-c2ccccc21. The summed E-state index contributed by atoms with van der Waals surface area (Å²) >= 11 is 0. The van der Waals surface area contributed by atoms with Crippen LogP contribution in [0.15, 0.2) is 72.9 Å². The van der Waals surface area contributed by atoms with Gasteiger partial charge in [0.2, 0.25) is 6.20 Å². The van der Waals surface area contributed by atoms with Gasteiger partial charge in [-0.2, -0.15) is 0 Å². The van der Waals surface area contributed by atoms with Gasteiger partial charge in [-0.25, -0.2) is 0 Å². The number of fused-ring (bicyclic) bond motifs is 3. The number of ether oxygens (including phenoxy) is 1. The van der Waals surface area contributed by atoms with E-state index in [9.17, 15) is 0 Å². The summed E-state index contributed by atoms with van der Waals surface area (Å²) in [4.78, 5) is 5.61. The Morgan fingerprint density at radius 3 is 2.09 bits per heavy atom. The highest BCUT2D eigenvalue weighted by Crippen LogP contribution is 2.44. The first-order chi connectivity index (χ1) is 11.4. The lowest BCUT2D eigenvalue weighted by atomic mass is 10.1. The van der Waals surface area contributed by atoms with Crippen LogP contribution in [0.1, 0.15) is 24.2 Å². The van der Waals surface area contributed by atoms with E-state index in [0.29, 0.717) is 12.5 Å². The van der Waals surface area contributed by atoms with Crippen molar-refractivity contribution in [2.24, 2.45) is 0 Å². The third kappa shape index (κ3) is 2.34. The molecule has 3 nitrogen and oxygen atoms in total. The van der Waals surface area contributed by atoms with Gasteiger partial charge in [0.25, 0.3) is 0 Å². The molecule has 0 bridgehead atoms. The van der Waals surface area contributed by atoms with E-state index in [4.69, 9.17) is 9.57 Å². The van der Waals surface area contributed by atoms with Crippen LogP contribution in [0.4, 0.5) is 0 Å². The molecule has 23 heavy (non-hydrogen) atoms. The highest BCUT2D eigenvalue weighted by atomic mass is 16.7. The van der Waals surface area contributed by atoms with Crippen molar-refractivity contribution < 1.29 is 14.3 Å². The highest BCUT2D eigenvalue weighted by molar-refractivity contribution is 5.78. The van der Waals surface area contributed by atoms with Gasteiger partial charge in [0.15, 0.2) is 12.7 Å². The predicted molar refractivity (Wildman–Crippen MR) is 88.1 cm³/mol. The molecule has 0 atom stereocenters. The van der Waals surface area contributed by atoms with Crippen molar-refractivity contribution in [3.63, 3.8) is 0 Å². The van der Waals surface area contributed by atoms with E-state index in [-0.39, 0.29) is 6.10 Å². The van der Waals surface area contributed by atoms with Crippen LogP contribution in [0, 0.1) is 0 Å². The molecular weight excluding hydrogens is 286 g/mol. The van der Waals surface area contributed by atoms with E-state index in [1.54, 1.807) is 4.73 Å². The number of rotatable bonds is 4. The quantitative estimate of drug-likeness (QED) is 0.688.